The lowest BCUT2D eigenvalue weighted by molar-refractivity contribution is 0.190. The number of rotatable bonds is 2. The van der Waals surface area contributed by atoms with Gasteiger partial charge in [0.15, 0.2) is 0 Å². The van der Waals surface area contributed by atoms with Crippen molar-refractivity contribution in [3.8, 4) is 11.6 Å². The van der Waals surface area contributed by atoms with E-state index in [1.165, 1.54) is 0 Å². The summed E-state index contributed by atoms with van der Waals surface area (Å²) in [5, 5.41) is 0.590. The molecule has 0 aliphatic carbocycles. The molecule has 8 nitrogen and oxygen atoms in total. The predicted molar refractivity (Wildman–Crippen MR) is 107 cm³/mol. The molecule has 9 heteroatoms. The summed E-state index contributed by atoms with van der Waals surface area (Å²) in [5.41, 5.74) is 0.756. The number of anilines is 2. The smallest absolute Gasteiger partial charge is 0.325 e. The molecule has 28 heavy (non-hydrogen) atoms. The summed E-state index contributed by atoms with van der Waals surface area (Å²) >= 11 is 6.06. The maximum Gasteiger partial charge on any atom is 0.325 e. The van der Waals surface area contributed by atoms with Gasteiger partial charge in [-0.25, -0.2) is 9.78 Å². The van der Waals surface area contributed by atoms with Crippen molar-refractivity contribution in [2.75, 3.05) is 49.7 Å². The molecule has 2 aliphatic heterocycles. The van der Waals surface area contributed by atoms with Crippen LogP contribution in [0, 0.1) is 0 Å². The number of ether oxygens (including phenoxy) is 2. The van der Waals surface area contributed by atoms with Gasteiger partial charge < -0.3 is 19.3 Å². The van der Waals surface area contributed by atoms with Crippen molar-refractivity contribution in [1.29, 1.82) is 0 Å². The minimum Gasteiger partial charge on any atom is -0.489 e. The molecule has 3 heterocycles. The van der Waals surface area contributed by atoms with Gasteiger partial charge in [0.2, 0.25) is 11.8 Å². The van der Waals surface area contributed by atoms with E-state index in [9.17, 15) is 4.79 Å². The lowest BCUT2D eigenvalue weighted by Crippen LogP contribution is -2.56. The number of nitrogens with zero attached hydrogens (tertiary/aromatic N) is 5. The Labute approximate surface area is 168 Å². The van der Waals surface area contributed by atoms with Crippen molar-refractivity contribution in [2.45, 2.75) is 13.0 Å². The monoisotopic (exact) mass is 403 g/mol. The van der Waals surface area contributed by atoms with Gasteiger partial charge in [0, 0.05) is 49.5 Å². The maximum absolute atomic E-state index is 13.2. The molecule has 1 atom stereocenters. The predicted octanol–water partition coefficient (Wildman–Crippen LogP) is 2.67. The van der Waals surface area contributed by atoms with Crippen LogP contribution < -0.4 is 19.3 Å². The number of urea groups is 1. The van der Waals surface area contributed by atoms with Crippen LogP contribution in [0.2, 0.25) is 5.02 Å². The molecule has 4 rings (SSSR count). The number of piperazine rings is 1. The van der Waals surface area contributed by atoms with Crippen LogP contribution in [-0.4, -0.2) is 66.8 Å². The molecule has 0 spiro atoms. The van der Waals surface area contributed by atoms with E-state index >= 15 is 0 Å². The third kappa shape index (κ3) is 3.52. The van der Waals surface area contributed by atoms with E-state index in [1.54, 1.807) is 36.4 Å². The van der Waals surface area contributed by atoms with Crippen LogP contribution in [0.15, 0.2) is 30.5 Å². The highest BCUT2D eigenvalue weighted by molar-refractivity contribution is 6.30. The fraction of sp³-hybridized carbons (Fsp3) is 0.421. The van der Waals surface area contributed by atoms with Gasteiger partial charge in [0.05, 0.1) is 18.8 Å². The number of amides is 2. The summed E-state index contributed by atoms with van der Waals surface area (Å²) in [5.74, 6) is 1.79. The topological polar surface area (TPSA) is 71.0 Å². The van der Waals surface area contributed by atoms with Crippen LogP contribution in [0.1, 0.15) is 6.92 Å². The van der Waals surface area contributed by atoms with Gasteiger partial charge in [-0.3, -0.25) is 4.90 Å². The van der Waals surface area contributed by atoms with E-state index in [1.807, 2.05) is 17.9 Å². The van der Waals surface area contributed by atoms with Crippen LogP contribution >= 0.6 is 11.6 Å². The number of aromatic nitrogens is 2. The molecule has 148 valence electrons. The van der Waals surface area contributed by atoms with Crippen LogP contribution in [0.4, 0.5) is 16.4 Å². The lowest BCUT2D eigenvalue weighted by atomic mass is 10.1. The van der Waals surface area contributed by atoms with Crippen molar-refractivity contribution in [1.82, 2.24) is 14.9 Å². The summed E-state index contributed by atoms with van der Waals surface area (Å²) in [6.07, 6.45) is 1.68. The Hall–Kier alpha value is -2.74. The summed E-state index contributed by atoms with van der Waals surface area (Å²) in [7, 11) is 1.58. The highest BCUT2D eigenvalue weighted by Crippen LogP contribution is 2.36. The first-order valence-electron chi connectivity index (χ1n) is 9.19. The second-order valence-electron chi connectivity index (χ2n) is 6.80. The van der Waals surface area contributed by atoms with Gasteiger partial charge in [0.1, 0.15) is 12.4 Å². The average Bonchev–Trinajstić information content (AvgIpc) is 2.73. The molecule has 1 saturated heterocycles. The molecule has 0 saturated carbocycles. The Morgan fingerprint density at radius 1 is 1.25 bits per heavy atom. The van der Waals surface area contributed by atoms with Crippen molar-refractivity contribution in [2.24, 2.45) is 0 Å². The number of halogens is 1. The third-order valence-corrected chi connectivity index (χ3v) is 5.20. The Bertz CT molecular complexity index is 872. The second-order valence-corrected chi connectivity index (χ2v) is 7.23. The Balaban J connectivity index is 1.47. The van der Waals surface area contributed by atoms with E-state index in [-0.39, 0.29) is 12.1 Å². The zero-order valence-corrected chi connectivity index (χ0v) is 16.6. The maximum atomic E-state index is 13.2. The van der Waals surface area contributed by atoms with E-state index < -0.39 is 0 Å². The Morgan fingerprint density at radius 2 is 2.04 bits per heavy atom. The largest absolute Gasteiger partial charge is 0.489 e. The van der Waals surface area contributed by atoms with Crippen LogP contribution in [0.3, 0.4) is 0 Å². The Morgan fingerprint density at radius 3 is 2.79 bits per heavy atom. The SMILES string of the molecule is COc1ccnc(N2CCN(C(=O)N3c4ccc(Cl)cc4OCC3C)CC2)n1. The summed E-state index contributed by atoms with van der Waals surface area (Å²) in [4.78, 5) is 27.7. The zero-order valence-electron chi connectivity index (χ0n) is 15.8. The minimum atomic E-state index is -0.0547. The molecular formula is C19H22ClN5O3. The molecule has 0 radical (unpaired) electrons. The van der Waals surface area contributed by atoms with E-state index in [4.69, 9.17) is 21.1 Å². The number of methoxy groups -OCH3 is 1. The van der Waals surface area contributed by atoms with Crippen LogP contribution in [-0.2, 0) is 0 Å². The first-order chi connectivity index (χ1) is 13.6. The van der Waals surface area contributed by atoms with Gasteiger partial charge in [-0.15, -0.1) is 0 Å². The molecule has 1 fully saturated rings. The summed E-state index contributed by atoms with van der Waals surface area (Å²) < 4.78 is 10.9. The van der Waals surface area contributed by atoms with Crippen LogP contribution in [0.5, 0.6) is 11.6 Å². The normalized spacial score (nSPS) is 19.1. The number of carbonyl (C=O) groups excluding carboxylic acids is 1. The highest BCUT2D eigenvalue weighted by atomic mass is 35.5. The summed E-state index contributed by atoms with van der Waals surface area (Å²) in [6.45, 7) is 4.92. The molecule has 2 aliphatic rings. The number of hydrogen-bond donors (Lipinski definition) is 0. The minimum absolute atomic E-state index is 0.0226. The third-order valence-electron chi connectivity index (χ3n) is 4.97. The van der Waals surface area contributed by atoms with E-state index in [0.717, 1.165) is 5.69 Å². The first-order valence-corrected chi connectivity index (χ1v) is 9.57. The number of fused-ring (bicyclic) bond motifs is 1. The van der Waals surface area contributed by atoms with Crippen molar-refractivity contribution in [3.05, 3.63) is 35.5 Å². The Kier molecular flexibility index (Phi) is 5.13. The van der Waals surface area contributed by atoms with Gasteiger partial charge >= 0.3 is 6.03 Å². The van der Waals surface area contributed by atoms with Crippen LogP contribution in [0.25, 0.3) is 0 Å². The van der Waals surface area contributed by atoms with E-state index in [2.05, 4.69) is 14.9 Å². The van der Waals surface area contributed by atoms with Crippen molar-refractivity contribution < 1.29 is 14.3 Å². The quantitative estimate of drug-likeness (QED) is 0.767. The fourth-order valence-electron chi connectivity index (χ4n) is 3.47. The van der Waals surface area contributed by atoms with Gasteiger partial charge in [-0.05, 0) is 19.1 Å². The molecule has 0 N–H and O–H groups in total. The number of benzene rings is 1. The zero-order chi connectivity index (χ0) is 19.7. The molecule has 0 bridgehead atoms. The molecular weight excluding hydrogens is 382 g/mol. The van der Waals surface area contributed by atoms with Gasteiger partial charge in [-0.1, -0.05) is 11.6 Å². The second kappa shape index (κ2) is 7.71. The van der Waals surface area contributed by atoms with Crippen molar-refractivity contribution in [3.63, 3.8) is 0 Å². The lowest BCUT2D eigenvalue weighted by Gasteiger charge is -2.41. The standard InChI is InChI=1S/C19H22ClN5O3/c1-13-12-28-16-11-14(20)3-4-15(16)25(13)19(26)24-9-7-23(8-10-24)18-21-6-5-17(22-18)27-2/h3-6,11,13H,7-10,12H2,1-2H3. The summed E-state index contributed by atoms with van der Waals surface area (Å²) in [6, 6.07) is 7.01. The molecule has 2 amide bonds. The van der Waals surface area contributed by atoms with Gasteiger partial charge in [-0.2, -0.15) is 4.98 Å². The van der Waals surface area contributed by atoms with E-state index in [0.29, 0.717) is 55.4 Å². The highest BCUT2D eigenvalue weighted by Gasteiger charge is 2.34. The average molecular weight is 404 g/mol. The molecule has 2 aromatic rings. The molecule has 1 unspecified atom stereocenters. The number of carbonyl (C=O) groups is 1. The number of hydrogen-bond acceptors (Lipinski definition) is 6. The molecule has 1 aromatic heterocycles. The molecule has 1 aromatic carbocycles. The van der Waals surface area contributed by atoms with Gasteiger partial charge in [0.25, 0.3) is 0 Å². The first kappa shape index (κ1) is 18.6. The fourth-order valence-corrected chi connectivity index (χ4v) is 3.63. The van der Waals surface area contributed by atoms with Crippen molar-refractivity contribution >= 4 is 29.3 Å².